The number of hydrogen-bond donors (Lipinski definition) is 1. The monoisotopic (exact) mass is 456 g/mol. The molecular formula is C25H32N2O6. The molecule has 0 spiro atoms. The quantitative estimate of drug-likeness (QED) is 0.572. The van der Waals surface area contributed by atoms with Crippen LogP contribution >= 0.6 is 0 Å². The molecule has 0 radical (unpaired) electrons. The summed E-state index contributed by atoms with van der Waals surface area (Å²) in [6.07, 6.45) is 0.937. The Hall–Kier alpha value is -3.42. The number of pyridine rings is 1. The zero-order valence-electron chi connectivity index (χ0n) is 20.2. The maximum atomic E-state index is 12.8. The molecule has 0 bridgehead atoms. The number of ether oxygens (including phenoxy) is 3. The van der Waals surface area contributed by atoms with E-state index in [9.17, 15) is 14.4 Å². The second kappa shape index (κ2) is 11.4. The zero-order valence-corrected chi connectivity index (χ0v) is 20.2. The van der Waals surface area contributed by atoms with Crippen molar-refractivity contribution in [1.82, 2.24) is 10.3 Å². The molecule has 0 unspecified atom stereocenters. The predicted molar refractivity (Wildman–Crippen MR) is 123 cm³/mol. The fourth-order valence-corrected chi connectivity index (χ4v) is 3.66. The lowest BCUT2D eigenvalue weighted by Crippen LogP contribution is -2.42. The van der Waals surface area contributed by atoms with E-state index in [1.807, 2.05) is 38.1 Å². The molecule has 0 aliphatic rings. The molecule has 33 heavy (non-hydrogen) atoms. The van der Waals surface area contributed by atoms with Crippen LogP contribution in [0.1, 0.15) is 62.2 Å². The number of methoxy groups -OCH3 is 1. The molecule has 0 saturated carbocycles. The first-order valence-electron chi connectivity index (χ1n) is 10.8. The normalized spacial score (nSPS) is 13.6. The third kappa shape index (κ3) is 6.78. The number of carbonyl (C=O) groups is 3. The van der Waals surface area contributed by atoms with E-state index >= 15 is 0 Å². The second-order valence-corrected chi connectivity index (χ2v) is 8.30. The van der Waals surface area contributed by atoms with Crippen molar-refractivity contribution in [1.29, 1.82) is 0 Å². The summed E-state index contributed by atoms with van der Waals surface area (Å²) in [5.41, 5.74) is 2.07. The molecule has 0 aliphatic carbocycles. The number of benzene rings is 1. The van der Waals surface area contributed by atoms with Gasteiger partial charge in [0.25, 0.3) is 5.91 Å². The van der Waals surface area contributed by atoms with Crippen LogP contribution in [-0.4, -0.2) is 42.1 Å². The topological polar surface area (TPSA) is 104 Å². The largest absolute Gasteiger partial charge is 0.493 e. The average molecular weight is 457 g/mol. The molecule has 1 amide bonds. The van der Waals surface area contributed by atoms with Gasteiger partial charge < -0.3 is 19.5 Å². The van der Waals surface area contributed by atoms with Crippen molar-refractivity contribution < 1.29 is 28.6 Å². The van der Waals surface area contributed by atoms with Gasteiger partial charge in [-0.15, -0.1) is 0 Å². The highest BCUT2D eigenvalue weighted by molar-refractivity contribution is 5.98. The minimum atomic E-state index is -0.955. The molecule has 3 atom stereocenters. The van der Waals surface area contributed by atoms with Gasteiger partial charge in [0.15, 0.2) is 11.4 Å². The van der Waals surface area contributed by atoms with E-state index in [0.29, 0.717) is 0 Å². The third-order valence-electron chi connectivity index (χ3n) is 5.24. The van der Waals surface area contributed by atoms with E-state index in [1.165, 1.54) is 33.2 Å². The number of aryl methyl sites for hydroxylation is 1. The van der Waals surface area contributed by atoms with Gasteiger partial charge in [-0.3, -0.25) is 9.59 Å². The van der Waals surface area contributed by atoms with Gasteiger partial charge in [0, 0.05) is 25.1 Å². The maximum absolute atomic E-state index is 12.8. The molecule has 2 aromatic rings. The van der Waals surface area contributed by atoms with Gasteiger partial charge >= 0.3 is 11.9 Å². The summed E-state index contributed by atoms with van der Waals surface area (Å²) < 4.78 is 16.0. The summed E-state index contributed by atoms with van der Waals surface area (Å²) in [6, 6.07) is 8.66. The van der Waals surface area contributed by atoms with Crippen molar-refractivity contribution in [3.63, 3.8) is 0 Å². The van der Waals surface area contributed by atoms with Gasteiger partial charge in [0.05, 0.1) is 7.11 Å². The van der Waals surface area contributed by atoms with Crippen molar-refractivity contribution in [2.75, 3.05) is 7.11 Å². The summed E-state index contributed by atoms with van der Waals surface area (Å²) >= 11 is 0. The number of amides is 1. The minimum absolute atomic E-state index is 0.00641. The van der Waals surface area contributed by atoms with Crippen molar-refractivity contribution >= 4 is 17.8 Å². The van der Waals surface area contributed by atoms with Gasteiger partial charge in [0.2, 0.25) is 5.75 Å². The fraction of sp³-hybridized carbons (Fsp3) is 0.440. The fourth-order valence-electron chi connectivity index (χ4n) is 3.66. The van der Waals surface area contributed by atoms with E-state index in [4.69, 9.17) is 14.2 Å². The summed E-state index contributed by atoms with van der Waals surface area (Å²) in [4.78, 5) is 41.0. The first-order chi connectivity index (χ1) is 15.5. The van der Waals surface area contributed by atoms with Crippen molar-refractivity contribution in [2.45, 2.75) is 59.6 Å². The minimum Gasteiger partial charge on any atom is -0.493 e. The molecule has 1 aromatic carbocycles. The highest BCUT2D eigenvalue weighted by Crippen LogP contribution is 2.31. The lowest BCUT2D eigenvalue weighted by molar-refractivity contribution is -0.151. The molecule has 2 rings (SSSR count). The SMILES string of the molecule is COc1ccnc(C(=O)N[C@@H](C)C(=O)O[C@@H](C)[C@H](c2ccc(C)cc2)C(C)C)c1OC(C)=O. The van der Waals surface area contributed by atoms with E-state index in [-0.39, 0.29) is 29.0 Å². The number of rotatable bonds is 9. The molecule has 0 aliphatic heterocycles. The number of nitrogens with one attached hydrogen (secondary N) is 1. The molecule has 8 heteroatoms. The highest BCUT2D eigenvalue weighted by Gasteiger charge is 2.29. The van der Waals surface area contributed by atoms with Crippen LogP contribution in [0, 0.1) is 12.8 Å². The maximum Gasteiger partial charge on any atom is 0.328 e. The third-order valence-corrected chi connectivity index (χ3v) is 5.24. The Morgan fingerprint density at radius 3 is 2.18 bits per heavy atom. The molecule has 0 saturated heterocycles. The summed E-state index contributed by atoms with van der Waals surface area (Å²) in [6.45, 7) is 10.7. The van der Waals surface area contributed by atoms with Gasteiger partial charge in [-0.25, -0.2) is 9.78 Å². The van der Waals surface area contributed by atoms with Crippen LogP contribution < -0.4 is 14.8 Å². The molecule has 8 nitrogen and oxygen atoms in total. The van der Waals surface area contributed by atoms with E-state index < -0.39 is 30.0 Å². The first kappa shape index (κ1) is 25.8. The zero-order chi connectivity index (χ0) is 24.7. The number of nitrogens with zero attached hydrogens (tertiary/aromatic N) is 1. The van der Waals surface area contributed by atoms with Crippen LogP contribution in [0.5, 0.6) is 11.5 Å². The van der Waals surface area contributed by atoms with Crippen molar-refractivity contribution in [3.05, 3.63) is 53.3 Å². The lowest BCUT2D eigenvalue weighted by Gasteiger charge is -2.29. The predicted octanol–water partition coefficient (Wildman–Crippen LogP) is 3.81. The Bertz CT molecular complexity index is 987. The van der Waals surface area contributed by atoms with Crippen LogP contribution in [0.3, 0.4) is 0 Å². The number of esters is 2. The molecule has 0 fully saturated rings. The van der Waals surface area contributed by atoms with E-state index in [1.54, 1.807) is 0 Å². The average Bonchev–Trinajstić information content (AvgIpc) is 2.74. The first-order valence-corrected chi connectivity index (χ1v) is 10.8. The summed E-state index contributed by atoms with van der Waals surface area (Å²) in [5, 5.41) is 2.56. The van der Waals surface area contributed by atoms with Gasteiger partial charge in [-0.2, -0.15) is 0 Å². The number of aromatic nitrogens is 1. The Kier molecular flexibility index (Phi) is 8.96. The summed E-state index contributed by atoms with van der Waals surface area (Å²) in [7, 11) is 1.38. The van der Waals surface area contributed by atoms with E-state index in [0.717, 1.165) is 11.1 Å². The van der Waals surface area contributed by atoms with Gasteiger partial charge in [0.1, 0.15) is 12.1 Å². The smallest absolute Gasteiger partial charge is 0.328 e. The van der Waals surface area contributed by atoms with Crippen molar-refractivity contribution in [2.24, 2.45) is 5.92 Å². The Morgan fingerprint density at radius 1 is 1.00 bits per heavy atom. The number of carbonyl (C=O) groups excluding carboxylic acids is 3. The van der Waals surface area contributed by atoms with Crippen molar-refractivity contribution in [3.8, 4) is 11.5 Å². The highest BCUT2D eigenvalue weighted by atomic mass is 16.6. The van der Waals surface area contributed by atoms with Crippen LogP contribution in [-0.2, 0) is 14.3 Å². The van der Waals surface area contributed by atoms with Crippen LogP contribution in [0.25, 0.3) is 0 Å². The van der Waals surface area contributed by atoms with Crippen LogP contribution in [0.15, 0.2) is 36.5 Å². The molecule has 1 aromatic heterocycles. The standard InChI is InChI=1S/C25H32N2O6/c1-14(2)21(19-10-8-15(3)9-11-19)17(5)32-25(30)16(4)27-24(29)22-23(33-18(6)28)20(31-7)12-13-26-22/h8-14,16-17,21H,1-7H3,(H,27,29)/t16-,17-,21+/m0/s1. The van der Waals surface area contributed by atoms with E-state index in [2.05, 4.69) is 24.1 Å². The number of hydrogen-bond acceptors (Lipinski definition) is 7. The molecule has 1 N–H and O–H groups in total. The van der Waals surface area contributed by atoms with Crippen LogP contribution in [0.2, 0.25) is 0 Å². The Balaban J connectivity index is 2.13. The lowest BCUT2D eigenvalue weighted by atomic mass is 9.84. The molecular weight excluding hydrogens is 424 g/mol. The Morgan fingerprint density at radius 2 is 1.64 bits per heavy atom. The van der Waals surface area contributed by atoms with Gasteiger partial charge in [-0.1, -0.05) is 43.7 Å². The second-order valence-electron chi connectivity index (χ2n) is 8.30. The van der Waals surface area contributed by atoms with Gasteiger partial charge in [-0.05, 0) is 32.3 Å². The molecule has 1 heterocycles. The molecule has 178 valence electrons. The van der Waals surface area contributed by atoms with Crippen LogP contribution in [0.4, 0.5) is 0 Å². The summed E-state index contributed by atoms with van der Waals surface area (Å²) in [5.74, 6) is -1.62. The Labute approximate surface area is 194 Å².